The summed E-state index contributed by atoms with van der Waals surface area (Å²) < 4.78 is 0. The number of benzene rings is 1. The van der Waals surface area contributed by atoms with E-state index in [1.165, 1.54) is 0 Å². The maximum atomic E-state index is 9.05. The highest BCUT2D eigenvalue weighted by atomic mass is 79.9. The van der Waals surface area contributed by atoms with Crippen molar-refractivity contribution >= 4 is 38.4 Å². The van der Waals surface area contributed by atoms with Crippen LogP contribution in [-0.2, 0) is 11.9 Å². The van der Waals surface area contributed by atoms with E-state index in [-0.39, 0.29) is 6.61 Å². The first kappa shape index (κ1) is 10.9. The smallest absolute Gasteiger partial charge is 0.135 e. The molecule has 0 spiro atoms. The number of hydrogen-bond donors (Lipinski definition) is 1. The van der Waals surface area contributed by atoms with E-state index in [0.717, 1.165) is 21.8 Å². The zero-order chi connectivity index (χ0) is 10.8. The van der Waals surface area contributed by atoms with Gasteiger partial charge in [0.1, 0.15) is 5.15 Å². The van der Waals surface area contributed by atoms with E-state index in [2.05, 4.69) is 20.9 Å². The van der Waals surface area contributed by atoms with Crippen molar-refractivity contribution in [1.82, 2.24) is 4.98 Å². The Kier molecular flexibility index (Phi) is 3.24. The molecule has 0 fully saturated rings. The van der Waals surface area contributed by atoms with Crippen LogP contribution in [-0.4, -0.2) is 10.1 Å². The average Bonchev–Trinajstić information content (AvgIpc) is 2.27. The van der Waals surface area contributed by atoms with E-state index in [0.29, 0.717) is 10.7 Å². The third-order valence-corrected chi connectivity index (χ3v) is 3.21. The number of aliphatic hydroxyl groups is 1. The van der Waals surface area contributed by atoms with E-state index in [1.54, 1.807) is 0 Å². The molecule has 0 saturated heterocycles. The van der Waals surface area contributed by atoms with Gasteiger partial charge in [-0.3, -0.25) is 0 Å². The fourth-order valence-electron chi connectivity index (χ4n) is 1.43. The molecule has 1 heterocycles. The van der Waals surface area contributed by atoms with E-state index < -0.39 is 0 Å². The predicted octanol–water partition coefficient (Wildman–Crippen LogP) is 3.28. The molecule has 1 aromatic heterocycles. The number of hydrogen-bond acceptors (Lipinski definition) is 2. The molecular formula is C11H9BrClNO. The van der Waals surface area contributed by atoms with Gasteiger partial charge in [0, 0.05) is 16.3 Å². The van der Waals surface area contributed by atoms with E-state index in [9.17, 15) is 0 Å². The number of fused-ring (bicyclic) bond motifs is 1. The van der Waals surface area contributed by atoms with Crippen LogP contribution in [0.25, 0.3) is 10.9 Å². The van der Waals surface area contributed by atoms with Crippen molar-refractivity contribution in [2.45, 2.75) is 11.9 Å². The molecule has 0 aliphatic rings. The fraction of sp³-hybridized carbons (Fsp3) is 0.182. The van der Waals surface area contributed by atoms with Gasteiger partial charge < -0.3 is 5.11 Å². The topological polar surface area (TPSA) is 33.1 Å². The Morgan fingerprint density at radius 3 is 2.80 bits per heavy atom. The molecule has 4 heteroatoms. The van der Waals surface area contributed by atoms with Crippen LogP contribution in [0.3, 0.4) is 0 Å². The van der Waals surface area contributed by atoms with Crippen molar-refractivity contribution in [2.75, 3.05) is 0 Å². The molecule has 2 nitrogen and oxygen atoms in total. The van der Waals surface area contributed by atoms with Crippen LogP contribution in [0.5, 0.6) is 0 Å². The highest BCUT2D eigenvalue weighted by molar-refractivity contribution is 9.08. The van der Waals surface area contributed by atoms with Crippen LogP contribution < -0.4 is 0 Å². The zero-order valence-electron chi connectivity index (χ0n) is 7.87. The van der Waals surface area contributed by atoms with Gasteiger partial charge in [-0.05, 0) is 17.7 Å². The summed E-state index contributed by atoms with van der Waals surface area (Å²) >= 11 is 9.31. The number of aromatic nitrogens is 1. The molecule has 78 valence electrons. The Labute approximate surface area is 101 Å². The van der Waals surface area contributed by atoms with Crippen molar-refractivity contribution < 1.29 is 5.11 Å². The van der Waals surface area contributed by atoms with E-state index in [4.69, 9.17) is 16.7 Å². The van der Waals surface area contributed by atoms with Gasteiger partial charge in [0.15, 0.2) is 0 Å². The maximum absolute atomic E-state index is 9.05. The van der Waals surface area contributed by atoms with Gasteiger partial charge in [0.05, 0.1) is 12.1 Å². The molecule has 1 N–H and O–H groups in total. The summed E-state index contributed by atoms with van der Waals surface area (Å²) in [7, 11) is 0. The molecule has 1 aromatic carbocycles. The van der Waals surface area contributed by atoms with Crippen LogP contribution >= 0.6 is 27.5 Å². The average molecular weight is 287 g/mol. The van der Waals surface area contributed by atoms with Gasteiger partial charge in [-0.2, -0.15) is 0 Å². The van der Waals surface area contributed by atoms with Gasteiger partial charge in [-0.1, -0.05) is 39.7 Å². The summed E-state index contributed by atoms with van der Waals surface area (Å²) in [6, 6.07) is 7.85. The lowest BCUT2D eigenvalue weighted by Crippen LogP contribution is -1.90. The summed E-state index contributed by atoms with van der Waals surface area (Å²) in [4.78, 5) is 4.24. The van der Waals surface area contributed by atoms with Crippen molar-refractivity contribution in [1.29, 1.82) is 0 Å². The second-order valence-electron chi connectivity index (χ2n) is 3.26. The van der Waals surface area contributed by atoms with Gasteiger partial charge in [-0.25, -0.2) is 4.98 Å². The number of pyridine rings is 1. The zero-order valence-corrected chi connectivity index (χ0v) is 10.2. The van der Waals surface area contributed by atoms with E-state index in [1.807, 2.05) is 24.3 Å². The molecular weight excluding hydrogens is 277 g/mol. The molecule has 0 aliphatic heterocycles. The first-order chi connectivity index (χ1) is 7.24. The lowest BCUT2D eigenvalue weighted by atomic mass is 10.1. The molecule has 0 saturated carbocycles. The van der Waals surface area contributed by atoms with Crippen LogP contribution in [0.4, 0.5) is 0 Å². The van der Waals surface area contributed by atoms with Gasteiger partial charge in [0.25, 0.3) is 0 Å². The van der Waals surface area contributed by atoms with Gasteiger partial charge in [0.2, 0.25) is 0 Å². The lowest BCUT2D eigenvalue weighted by Gasteiger charge is -2.04. The standard InChI is InChI=1S/C11H9BrClNO/c12-5-7-1-2-8-4-9(6-15)11(13)14-10(8)3-7/h1-4,15H,5-6H2. The van der Waals surface area contributed by atoms with E-state index >= 15 is 0 Å². The molecule has 0 radical (unpaired) electrons. The monoisotopic (exact) mass is 285 g/mol. The molecule has 0 atom stereocenters. The van der Waals surface area contributed by atoms with Crippen LogP contribution in [0.1, 0.15) is 11.1 Å². The normalized spacial score (nSPS) is 10.9. The number of nitrogens with zero attached hydrogens (tertiary/aromatic N) is 1. The van der Waals surface area contributed by atoms with Crippen LogP contribution in [0, 0.1) is 0 Å². The van der Waals surface area contributed by atoms with Gasteiger partial charge >= 0.3 is 0 Å². The summed E-state index contributed by atoms with van der Waals surface area (Å²) in [5.41, 5.74) is 2.67. The third-order valence-electron chi connectivity index (χ3n) is 2.23. The minimum absolute atomic E-state index is 0.0814. The van der Waals surface area contributed by atoms with Crippen molar-refractivity contribution in [3.05, 3.63) is 40.5 Å². The molecule has 2 rings (SSSR count). The largest absolute Gasteiger partial charge is 0.392 e. The molecule has 0 bridgehead atoms. The Balaban J connectivity index is 2.65. The second-order valence-corrected chi connectivity index (χ2v) is 4.18. The predicted molar refractivity (Wildman–Crippen MR) is 65.3 cm³/mol. The Bertz CT molecular complexity index is 501. The lowest BCUT2D eigenvalue weighted by molar-refractivity contribution is 0.281. The molecule has 2 aromatic rings. The van der Waals surface area contributed by atoms with Crippen molar-refractivity contribution in [2.24, 2.45) is 0 Å². The highest BCUT2D eigenvalue weighted by Gasteiger charge is 2.04. The Morgan fingerprint density at radius 2 is 2.13 bits per heavy atom. The van der Waals surface area contributed by atoms with Crippen LogP contribution in [0.15, 0.2) is 24.3 Å². The minimum Gasteiger partial charge on any atom is -0.392 e. The van der Waals surface area contributed by atoms with Crippen molar-refractivity contribution in [3.63, 3.8) is 0 Å². The Morgan fingerprint density at radius 1 is 1.33 bits per heavy atom. The van der Waals surface area contributed by atoms with Crippen molar-refractivity contribution in [3.8, 4) is 0 Å². The molecule has 0 amide bonds. The van der Waals surface area contributed by atoms with Gasteiger partial charge in [-0.15, -0.1) is 0 Å². The summed E-state index contributed by atoms with van der Waals surface area (Å²) in [6.45, 7) is -0.0814. The summed E-state index contributed by atoms with van der Waals surface area (Å²) in [5, 5.41) is 11.2. The summed E-state index contributed by atoms with van der Waals surface area (Å²) in [6.07, 6.45) is 0. The minimum atomic E-state index is -0.0814. The summed E-state index contributed by atoms with van der Waals surface area (Å²) in [5.74, 6) is 0. The number of rotatable bonds is 2. The van der Waals surface area contributed by atoms with Crippen LogP contribution in [0.2, 0.25) is 5.15 Å². The first-order valence-corrected chi connectivity index (χ1v) is 5.99. The number of alkyl halides is 1. The maximum Gasteiger partial charge on any atom is 0.135 e. The fourth-order valence-corrected chi connectivity index (χ4v) is 1.98. The Hall–Kier alpha value is -0.640. The number of halogens is 2. The SMILES string of the molecule is OCc1cc2ccc(CBr)cc2nc1Cl. The molecule has 0 aliphatic carbocycles. The first-order valence-electron chi connectivity index (χ1n) is 4.49. The third kappa shape index (κ3) is 2.14. The number of aliphatic hydroxyl groups excluding tert-OH is 1. The second kappa shape index (κ2) is 4.47. The highest BCUT2D eigenvalue weighted by Crippen LogP contribution is 2.22. The molecule has 15 heavy (non-hydrogen) atoms. The quantitative estimate of drug-likeness (QED) is 0.679. The molecule has 0 unspecified atom stereocenters.